The van der Waals surface area contributed by atoms with Crippen molar-refractivity contribution in [3.8, 4) is 17.1 Å². The highest BCUT2D eigenvalue weighted by Crippen LogP contribution is 2.44. The molecule has 1 fully saturated rings. The van der Waals surface area contributed by atoms with E-state index in [1.165, 1.54) is 19.2 Å². The Bertz CT molecular complexity index is 1370. The molecule has 9 heteroatoms. The zero-order chi connectivity index (χ0) is 26.3. The number of ether oxygens (including phenoxy) is 1. The number of carbonyl (C=O) groups is 3. The first kappa shape index (κ1) is 24.7. The number of rotatable bonds is 5. The van der Waals surface area contributed by atoms with Crippen LogP contribution in [0.2, 0.25) is 0 Å². The van der Waals surface area contributed by atoms with Gasteiger partial charge in [-0.25, -0.2) is 9.78 Å². The van der Waals surface area contributed by atoms with Gasteiger partial charge in [-0.2, -0.15) is 5.10 Å². The largest absolute Gasteiger partial charge is 0.481 e. The molecule has 1 spiro atoms. The van der Waals surface area contributed by atoms with Gasteiger partial charge in [-0.3, -0.25) is 14.3 Å². The predicted molar refractivity (Wildman–Crippen MR) is 136 cm³/mol. The fraction of sp³-hybridized carbons (Fsp3) is 0.393. The summed E-state index contributed by atoms with van der Waals surface area (Å²) in [5.41, 5.74) is 3.47. The number of pyridine rings is 1. The minimum absolute atomic E-state index is 0.116. The van der Waals surface area contributed by atoms with Crippen LogP contribution in [0.1, 0.15) is 75.9 Å². The van der Waals surface area contributed by atoms with Gasteiger partial charge in [0.05, 0.1) is 24.6 Å². The first-order chi connectivity index (χ1) is 17.7. The van der Waals surface area contributed by atoms with E-state index in [0.717, 1.165) is 30.5 Å². The lowest BCUT2D eigenvalue weighted by Gasteiger charge is -2.43. The predicted octanol–water partition coefficient (Wildman–Crippen LogP) is 4.28. The second kappa shape index (κ2) is 9.46. The number of hydrogen-bond acceptors (Lipinski definition) is 6. The highest BCUT2D eigenvalue weighted by Gasteiger charge is 2.43. The number of carboxylic acids is 1. The molecule has 2 aliphatic rings. The average Bonchev–Trinajstić information content (AvgIpc) is 3.33. The zero-order valence-electron chi connectivity index (χ0n) is 21.2. The van der Waals surface area contributed by atoms with E-state index in [0.29, 0.717) is 42.2 Å². The molecule has 5 rings (SSSR count). The molecule has 3 heterocycles. The molecule has 1 aliphatic carbocycles. The molecule has 0 bridgehead atoms. The summed E-state index contributed by atoms with van der Waals surface area (Å²) < 4.78 is 7.18. The Labute approximate surface area is 215 Å². The van der Waals surface area contributed by atoms with Crippen LogP contribution in [0.5, 0.6) is 5.88 Å². The number of amides is 1. The number of benzene rings is 1. The third kappa shape index (κ3) is 4.61. The maximum Gasteiger partial charge on any atom is 0.335 e. The van der Waals surface area contributed by atoms with Crippen molar-refractivity contribution < 1.29 is 24.2 Å². The van der Waals surface area contributed by atoms with Crippen molar-refractivity contribution >= 4 is 17.7 Å². The monoisotopic (exact) mass is 504 g/mol. The second-order valence-corrected chi connectivity index (χ2v) is 10.3. The lowest BCUT2D eigenvalue weighted by molar-refractivity contribution is 0.0516. The van der Waals surface area contributed by atoms with E-state index in [9.17, 15) is 14.4 Å². The lowest BCUT2D eigenvalue weighted by Crippen LogP contribution is -2.46. The van der Waals surface area contributed by atoms with Gasteiger partial charge in [0.15, 0.2) is 5.78 Å². The van der Waals surface area contributed by atoms with Crippen molar-refractivity contribution in [2.75, 3.05) is 20.2 Å². The van der Waals surface area contributed by atoms with Crippen molar-refractivity contribution in [1.82, 2.24) is 19.7 Å². The van der Waals surface area contributed by atoms with Crippen LogP contribution in [0.15, 0.2) is 42.6 Å². The van der Waals surface area contributed by atoms with Gasteiger partial charge in [-0.05, 0) is 56.7 Å². The average molecular weight is 505 g/mol. The molecule has 2 aromatic heterocycles. The number of aromatic nitrogens is 3. The lowest BCUT2D eigenvalue weighted by atomic mass is 9.67. The Morgan fingerprint density at radius 1 is 1.08 bits per heavy atom. The van der Waals surface area contributed by atoms with Crippen LogP contribution in [0.3, 0.4) is 0 Å². The van der Waals surface area contributed by atoms with E-state index in [1.807, 2.05) is 29.6 Å². The molecule has 9 nitrogen and oxygen atoms in total. The molecular weight excluding hydrogens is 474 g/mol. The molecule has 1 aliphatic heterocycles. The molecule has 0 unspecified atom stereocenters. The maximum atomic E-state index is 13.5. The van der Waals surface area contributed by atoms with Crippen molar-refractivity contribution in [3.05, 3.63) is 65.0 Å². The number of carboxylic acid groups (broad SMARTS) is 1. The molecule has 192 valence electrons. The molecule has 37 heavy (non-hydrogen) atoms. The Balaban J connectivity index is 1.33. The second-order valence-electron chi connectivity index (χ2n) is 10.3. The van der Waals surface area contributed by atoms with E-state index in [2.05, 4.69) is 10.1 Å². The molecule has 1 aromatic carbocycles. The van der Waals surface area contributed by atoms with Gasteiger partial charge in [0, 0.05) is 48.3 Å². The molecule has 1 amide bonds. The topological polar surface area (TPSA) is 115 Å². The molecule has 0 radical (unpaired) electrons. The van der Waals surface area contributed by atoms with Crippen molar-refractivity contribution in [1.29, 1.82) is 0 Å². The van der Waals surface area contributed by atoms with E-state index in [-0.39, 0.29) is 28.7 Å². The van der Waals surface area contributed by atoms with Gasteiger partial charge < -0.3 is 14.7 Å². The van der Waals surface area contributed by atoms with Gasteiger partial charge in [-0.1, -0.05) is 12.1 Å². The number of nitrogens with zero attached hydrogens (tertiary/aromatic N) is 4. The zero-order valence-corrected chi connectivity index (χ0v) is 21.2. The van der Waals surface area contributed by atoms with Crippen molar-refractivity contribution in [2.45, 2.75) is 45.6 Å². The van der Waals surface area contributed by atoms with E-state index < -0.39 is 5.97 Å². The number of hydrogen-bond donors (Lipinski definition) is 1. The fourth-order valence-electron chi connectivity index (χ4n) is 5.50. The van der Waals surface area contributed by atoms with Crippen LogP contribution < -0.4 is 4.74 Å². The normalized spacial score (nSPS) is 16.6. The van der Waals surface area contributed by atoms with Crippen molar-refractivity contribution in [2.24, 2.45) is 5.41 Å². The Morgan fingerprint density at radius 3 is 2.41 bits per heavy atom. The summed E-state index contributed by atoms with van der Waals surface area (Å²) in [5, 5.41) is 13.6. The molecule has 0 atom stereocenters. The summed E-state index contributed by atoms with van der Waals surface area (Å²) in [5.74, 6) is -0.670. The fourth-order valence-corrected chi connectivity index (χ4v) is 5.50. The Kier molecular flexibility index (Phi) is 6.31. The molecule has 3 aromatic rings. The Hall–Kier alpha value is -4.01. The number of ketones is 1. The van der Waals surface area contributed by atoms with Gasteiger partial charge in [0.1, 0.15) is 5.69 Å². The van der Waals surface area contributed by atoms with Gasteiger partial charge in [0.2, 0.25) is 5.88 Å². The molecule has 1 saturated heterocycles. The number of methoxy groups -OCH3 is 1. The van der Waals surface area contributed by atoms with E-state index in [4.69, 9.17) is 9.84 Å². The third-order valence-electron chi connectivity index (χ3n) is 7.52. The van der Waals surface area contributed by atoms with Crippen LogP contribution in [-0.4, -0.2) is 62.6 Å². The summed E-state index contributed by atoms with van der Waals surface area (Å²) in [4.78, 5) is 44.0. The first-order valence-electron chi connectivity index (χ1n) is 12.5. The minimum Gasteiger partial charge on any atom is -0.481 e. The van der Waals surface area contributed by atoms with Crippen molar-refractivity contribution in [3.63, 3.8) is 0 Å². The highest BCUT2D eigenvalue weighted by molar-refractivity contribution is 5.98. The van der Waals surface area contributed by atoms with Crippen LogP contribution >= 0.6 is 0 Å². The number of carbonyl (C=O) groups excluding carboxylic acids is 2. The number of Topliss-reactive ketones (excluding diaryl/α,β-unsaturated/α-hetero) is 1. The SMILES string of the molecule is CC(C)n1ncc2c1C(=O)CC1(CCN(C(=O)c3cc(O[14CH3])nc(-c4ccc(C(=O)O)cc4)c3)CC1)C2. The third-order valence-corrected chi connectivity index (χ3v) is 7.52. The van der Waals surface area contributed by atoms with E-state index >= 15 is 0 Å². The van der Waals surface area contributed by atoms with Crippen LogP contribution in [-0.2, 0) is 6.42 Å². The Morgan fingerprint density at radius 2 is 1.78 bits per heavy atom. The summed E-state index contributed by atoms with van der Waals surface area (Å²) in [6, 6.07) is 9.82. The van der Waals surface area contributed by atoms with E-state index in [1.54, 1.807) is 24.3 Å². The summed E-state index contributed by atoms with van der Waals surface area (Å²) in [6.07, 6.45) is 4.63. The minimum atomic E-state index is -1.01. The van der Waals surface area contributed by atoms with Crippen LogP contribution in [0.4, 0.5) is 0 Å². The van der Waals surface area contributed by atoms with Gasteiger partial charge in [0.25, 0.3) is 5.91 Å². The maximum absolute atomic E-state index is 13.5. The smallest absolute Gasteiger partial charge is 0.335 e. The molecular formula is C28H30N4O5. The summed E-state index contributed by atoms with van der Waals surface area (Å²) in [7, 11) is 1.49. The standard InChI is InChI=1S/C28H30N4O5/c1-17(2)32-25-21(16-29-32)14-28(15-23(25)33)8-10-31(11-9-28)26(34)20-12-22(30-24(13-20)37-3)18-4-6-19(7-5-18)27(35)36/h4-7,12-13,16-17H,8-11,14-15H2,1-3H3,(H,35,36)/i3+2. The van der Waals surface area contributed by atoms with Gasteiger partial charge >= 0.3 is 5.97 Å². The number of fused-ring (bicyclic) bond motifs is 1. The summed E-state index contributed by atoms with van der Waals surface area (Å²) in [6.45, 7) is 5.18. The number of likely N-dealkylation sites (tertiary alicyclic amines) is 1. The van der Waals surface area contributed by atoms with Crippen LogP contribution in [0, 0.1) is 5.41 Å². The quantitative estimate of drug-likeness (QED) is 0.551. The number of aromatic carboxylic acids is 1. The molecule has 1 N–H and O–H groups in total. The van der Waals surface area contributed by atoms with Crippen LogP contribution in [0.25, 0.3) is 11.3 Å². The first-order valence-corrected chi connectivity index (χ1v) is 12.5. The highest BCUT2D eigenvalue weighted by atomic mass is 16.6. The molecule has 0 saturated carbocycles. The van der Waals surface area contributed by atoms with Gasteiger partial charge in [-0.15, -0.1) is 0 Å². The number of piperidine rings is 1. The summed E-state index contributed by atoms with van der Waals surface area (Å²) >= 11 is 0.